The summed E-state index contributed by atoms with van der Waals surface area (Å²) in [6, 6.07) is 7.62. The summed E-state index contributed by atoms with van der Waals surface area (Å²) in [5.74, 6) is 0.0525. The first-order chi connectivity index (χ1) is 11.0. The number of piperazine rings is 1. The van der Waals surface area contributed by atoms with Crippen LogP contribution in [0.5, 0.6) is 0 Å². The number of benzene rings is 1. The van der Waals surface area contributed by atoms with Crippen LogP contribution in [-0.2, 0) is 4.79 Å². The second-order valence-electron chi connectivity index (χ2n) is 6.52. The molecule has 0 aliphatic carbocycles. The summed E-state index contributed by atoms with van der Waals surface area (Å²) in [6.07, 6.45) is 1.20. The number of nitrogens with zero attached hydrogens (tertiary/aromatic N) is 3. The zero-order valence-corrected chi connectivity index (χ0v) is 14.4. The van der Waals surface area contributed by atoms with E-state index in [1.807, 2.05) is 24.3 Å². The second kappa shape index (κ2) is 9.01. The molecular weight excluding hydrogens is 288 g/mol. The van der Waals surface area contributed by atoms with Gasteiger partial charge in [-0.2, -0.15) is 0 Å². The van der Waals surface area contributed by atoms with Crippen molar-refractivity contribution in [1.82, 2.24) is 14.7 Å². The van der Waals surface area contributed by atoms with E-state index in [-0.39, 0.29) is 5.91 Å². The highest BCUT2D eigenvalue weighted by atomic mass is 16.2. The summed E-state index contributed by atoms with van der Waals surface area (Å²) in [5.41, 5.74) is 1.74. The van der Waals surface area contributed by atoms with E-state index in [2.05, 4.69) is 41.0 Å². The van der Waals surface area contributed by atoms with Gasteiger partial charge in [0, 0.05) is 31.9 Å². The third kappa shape index (κ3) is 6.69. The highest BCUT2D eigenvalue weighted by molar-refractivity contribution is 5.92. The molecule has 0 spiro atoms. The van der Waals surface area contributed by atoms with Crippen molar-refractivity contribution in [2.45, 2.75) is 6.42 Å². The zero-order valence-electron chi connectivity index (χ0n) is 14.4. The molecule has 1 heterocycles. The fourth-order valence-corrected chi connectivity index (χ4v) is 2.83. The van der Waals surface area contributed by atoms with E-state index in [1.54, 1.807) is 0 Å². The summed E-state index contributed by atoms with van der Waals surface area (Å²) in [7, 11) is 4.22. The molecule has 1 aliphatic heterocycles. The predicted octanol–water partition coefficient (Wildman–Crippen LogP) is 1.38. The molecule has 5 heteroatoms. The molecule has 1 fully saturated rings. The first-order valence-corrected chi connectivity index (χ1v) is 8.34. The molecule has 127 valence electrons. The number of hydrogen-bond acceptors (Lipinski definition) is 4. The predicted molar refractivity (Wildman–Crippen MR) is 95.6 cm³/mol. The highest BCUT2D eigenvalue weighted by Gasteiger charge is 2.18. The van der Waals surface area contributed by atoms with Crippen LogP contribution in [0.2, 0.25) is 0 Å². The topological polar surface area (TPSA) is 38.8 Å². The van der Waals surface area contributed by atoms with E-state index >= 15 is 0 Å². The van der Waals surface area contributed by atoms with E-state index in [9.17, 15) is 4.79 Å². The molecule has 0 unspecified atom stereocenters. The average Bonchev–Trinajstić information content (AvgIpc) is 2.48. The van der Waals surface area contributed by atoms with Gasteiger partial charge in [0.05, 0.1) is 6.54 Å². The Kier molecular flexibility index (Phi) is 7.02. The van der Waals surface area contributed by atoms with E-state index in [0.717, 1.165) is 50.5 Å². The first-order valence-electron chi connectivity index (χ1n) is 8.34. The Morgan fingerprint density at radius 2 is 1.91 bits per heavy atom. The molecule has 23 heavy (non-hydrogen) atoms. The molecular formula is C18H29N4O. The Hall–Kier alpha value is -1.43. The van der Waals surface area contributed by atoms with Crippen molar-refractivity contribution in [1.29, 1.82) is 0 Å². The van der Waals surface area contributed by atoms with Gasteiger partial charge >= 0.3 is 0 Å². The van der Waals surface area contributed by atoms with Crippen LogP contribution in [0.25, 0.3) is 0 Å². The maximum absolute atomic E-state index is 12.1. The van der Waals surface area contributed by atoms with Crippen LogP contribution in [0, 0.1) is 6.92 Å². The lowest BCUT2D eigenvalue weighted by Gasteiger charge is -2.34. The normalized spacial score (nSPS) is 16.7. The quantitative estimate of drug-likeness (QED) is 0.824. The second-order valence-corrected chi connectivity index (χ2v) is 6.52. The lowest BCUT2D eigenvalue weighted by atomic mass is 10.2. The van der Waals surface area contributed by atoms with Gasteiger partial charge < -0.3 is 15.1 Å². The molecule has 1 saturated heterocycles. The van der Waals surface area contributed by atoms with E-state index < -0.39 is 0 Å². The number of nitrogens with one attached hydrogen (secondary N) is 1. The Morgan fingerprint density at radius 3 is 2.57 bits per heavy atom. The summed E-state index contributed by atoms with van der Waals surface area (Å²) >= 11 is 0. The Morgan fingerprint density at radius 1 is 1.22 bits per heavy atom. The summed E-state index contributed by atoms with van der Waals surface area (Å²) < 4.78 is 0. The fourth-order valence-electron chi connectivity index (χ4n) is 2.83. The van der Waals surface area contributed by atoms with Crippen molar-refractivity contribution in [2.24, 2.45) is 0 Å². The van der Waals surface area contributed by atoms with Gasteiger partial charge in [0.25, 0.3) is 0 Å². The third-order valence-electron chi connectivity index (χ3n) is 4.12. The number of carbonyl (C=O) groups excluding carboxylic acids is 1. The Labute approximate surface area is 140 Å². The van der Waals surface area contributed by atoms with Crippen LogP contribution in [-0.4, -0.2) is 80.5 Å². The molecule has 5 nitrogen and oxygen atoms in total. The van der Waals surface area contributed by atoms with Crippen LogP contribution in [0.1, 0.15) is 12.0 Å². The zero-order chi connectivity index (χ0) is 16.7. The van der Waals surface area contributed by atoms with Crippen molar-refractivity contribution >= 4 is 11.6 Å². The van der Waals surface area contributed by atoms with E-state index in [0.29, 0.717) is 6.54 Å². The molecule has 0 saturated carbocycles. The first kappa shape index (κ1) is 17.9. The molecule has 2 rings (SSSR count). The van der Waals surface area contributed by atoms with E-state index in [4.69, 9.17) is 0 Å². The van der Waals surface area contributed by atoms with Gasteiger partial charge in [0.1, 0.15) is 0 Å². The van der Waals surface area contributed by atoms with Gasteiger partial charge in [-0.05, 0) is 58.2 Å². The molecule has 0 aromatic heterocycles. The largest absolute Gasteiger partial charge is 0.325 e. The number of rotatable bonds is 7. The van der Waals surface area contributed by atoms with Crippen molar-refractivity contribution < 1.29 is 4.79 Å². The van der Waals surface area contributed by atoms with Crippen molar-refractivity contribution in [3.05, 3.63) is 36.8 Å². The van der Waals surface area contributed by atoms with Crippen molar-refractivity contribution in [2.75, 3.05) is 65.2 Å². The minimum Gasteiger partial charge on any atom is -0.325 e. The molecule has 1 radical (unpaired) electrons. The highest BCUT2D eigenvalue weighted by Crippen LogP contribution is 2.10. The summed E-state index contributed by atoms with van der Waals surface area (Å²) in [5, 5.41) is 2.95. The fraction of sp³-hybridized carbons (Fsp3) is 0.556. The van der Waals surface area contributed by atoms with Crippen LogP contribution in [0.15, 0.2) is 24.3 Å². The van der Waals surface area contributed by atoms with Gasteiger partial charge in [-0.1, -0.05) is 12.1 Å². The lowest BCUT2D eigenvalue weighted by Crippen LogP contribution is -2.48. The molecule has 1 N–H and O–H groups in total. The maximum Gasteiger partial charge on any atom is 0.238 e. The van der Waals surface area contributed by atoms with Crippen molar-refractivity contribution in [3.8, 4) is 0 Å². The maximum atomic E-state index is 12.1. The molecule has 1 aromatic rings. The van der Waals surface area contributed by atoms with Gasteiger partial charge in [0.15, 0.2) is 0 Å². The Balaban J connectivity index is 1.66. The number of anilines is 1. The number of amides is 1. The van der Waals surface area contributed by atoms with E-state index in [1.165, 1.54) is 6.42 Å². The van der Waals surface area contributed by atoms with Gasteiger partial charge in [-0.3, -0.25) is 9.69 Å². The Bertz CT molecular complexity index is 496. The molecule has 0 atom stereocenters. The van der Waals surface area contributed by atoms with Crippen LogP contribution >= 0.6 is 0 Å². The lowest BCUT2D eigenvalue weighted by molar-refractivity contribution is -0.117. The minimum absolute atomic E-state index is 0.0525. The average molecular weight is 317 g/mol. The minimum atomic E-state index is 0.0525. The SMILES string of the molecule is [CH2]c1cccc(NC(=O)CN2CCN(CCCN(C)C)CC2)c1. The molecule has 1 aliphatic rings. The van der Waals surface area contributed by atoms with Gasteiger partial charge in [-0.15, -0.1) is 0 Å². The summed E-state index contributed by atoms with van der Waals surface area (Å²) in [4.78, 5) is 19.1. The number of carbonyl (C=O) groups is 1. The van der Waals surface area contributed by atoms with Gasteiger partial charge in [0.2, 0.25) is 5.91 Å². The third-order valence-corrected chi connectivity index (χ3v) is 4.12. The van der Waals surface area contributed by atoms with Crippen molar-refractivity contribution in [3.63, 3.8) is 0 Å². The van der Waals surface area contributed by atoms with Crippen LogP contribution in [0.3, 0.4) is 0 Å². The summed E-state index contributed by atoms with van der Waals surface area (Å²) in [6.45, 7) is 10.7. The standard InChI is InChI=1S/C18H29N4O/c1-16-6-4-7-17(14-16)19-18(23)15-22-12-10-21(11-13-22)9-5-8-20(2)3/h4,6-7,14H,1,5,8-13,15H2,2-3H3,(H,19,23). The monoisotopic (exact) mass is 317 g/mol. The van der Waals surface area contributed by atoms with Crippen LogP contribution < -0.4 is 5.32 Å². The van der Waals surface area contributed by atoms with Gasteiger partial charge in [-0.25, -0.2) is 0 Å². The molecule has 1 aromatic carbocycles. The smallest absolute Gasteiger partial charge is 0.238 e. The number of hydrogen-bond donors (Lipinski definition) is 1. The molecule has 1 amide bonds. The molecule has 0 bridgehead atoms. The van der Waals surface area contributed by atoms with Crippen LogP contribution in [0.4, 0.5) is 5.69 Å².